The smallest absolute Gasteiger partial charge is 0.240 e. The zero-order valence-electron chi connectivity index (χ0n) is 14.2. The minimum Gasteiger partial charge on any atom is -0.294 e. The van der Waals surface area contributed by atoms with Gasteiger partial charge in [0.2, 0.25) is 10.0 Å². The van der Waals surface area contributed by atoms with Crippen LogP contribution in [0.5, 0.6) is 0 Å². The Morgan fingerprint density at radius 3 is 2.62 bits per heavy atom. The minimum atomic E-state index is -3.50. The summed E-state index contributed by atoms with van der Waals surface area (Å²) in [5.41, 5.74) is 1.73. The highest BCUT2D eigenvalue weighted by Gasteiger charge is 2.26. The fraction of sp³-hybridized carbons (Fsp3) is 0.444. The van der Waals surface area contributed by atoms with E-state index in [-0.39, 0.29) is 6.04 Å². The van der Waals surface area contributed by atoms with Crippen LogP contribution in [0.4, 0.5) is 0 Å². The van der Waals surface area contributed by atoms with Crippen molar-refractivity contribution in [1.29, 1.82) is 0 Å². The van der Waals surface area contributed by atoms with Crippen LogP contribution in [-0.4, -0.2) is 33.0 Å². The molecule has 2 heterocycles. The zero-order chi connectivity index (χ0) is 17.2. The molecule has 1 aromatic heterocycles. The van der Waals surface area contributed by atoms with Gasteiger partial charge in [-0.15, -0.1) is 11.3 Å². The topological polar surface area (TPSA) is 49.4 Å². The maximum absolute atomic E-state index is 12.8. The van der Waals surface area contributed by atoms with E-state index in [9.17, 15) is 8.42 Å². The SMILES string of the molecule is Cc1ccc(C)c(S(=O)(=O)NC[C@@H](c2cccs2)N2CCCC2)c1. The second kappa shape index (κ2) is 7.35. The number of nitrogens with zero attached hydrogens (tertiary/aromatic N) is 1. The van der Waals surface area contributed by atoms with E-state index in [1.54, 1.807) is 17.4 Å². The van der Waals surface area contributed by atoms with Gasteiger partial charge in [0, 0.05) is 11.4 Å². The molecule has 130 valence electrons. The summed E-state index contributed by atoms with van der Waals surface area (Å²) in [7, 11) is -3.50. The summed E-state index contributed by atoms with van der Waals surface area (Å²) in [6.07, 6.45) is 2.37. The van der Waals surface area contributed by atoms with Crippen molar-refractivity contribution in [1.82, 2.24) is 9.62 Å². The first-order valence-electron chi connectivity index (χ1n) is 8.32. The lowest BCUT2D eigenvalue weighted by Gasteiger charge is -2.27. The molecule has 1 aromatic carbocycles. The van der Waals surface area contributed by atoms with Gasteiger partial charge in [-0.05, 0) is 68.4 Å². The molecule has 0 amide bonds. The molecule has 6 heteroatoms. The molecule has 1 N–H and O–H groups in total. The predicted octanol–water partition coefficient (Wildman–Crippen LogP) is 3.48. The van der Waals surface area contributed by atoms with E-state index >= 15 is 0 Å². The van der Waals surface area contributed by atoms with Gasteiger partial charge in [-0.25, -0.2) is 13.1 Å². The van der Waals surface area contributed by atoms with Crippen LogP contribution in [0.1, 0.15) is 34.9 Å². The van der Waals surface area contributed by atoms with Crippen LogP contribution in [0, 0.1) is 13.8 Å². The monoisotopic (exact) mass is 364 g/mol. The summed E-state index contributed by atoms with van der Waals surface area (Å²) >= 11 is 1.69. The highest BCUT2D eigenvalue weighted by molar-refractivity contribution is 7.89. The molecule has 1 saturated heterocycles. The van der Waals surface area contributed by atoms with Crippen molar-refractivity contribution in [2.24, 2.45) is 0 Å². The van der Waals surface area contributed by atoms with Gasteiger partial charge in [0.15, 0.2) is 0 Å². The summed E-state index contributed by atoms with van der Waals surface area (Å²) < 4.78 is 28.4. The summed E-state index contributed by atoms with van der Waals surface area (Å²) in [6, 6.07) is 9.79. The quantitative estimate of drug-likeness (QED) is 0.854. The van der Waals surface area contributed by atoms with Crippen LogP contribution in [0.3, 0.4) is 0 Å². The normalized spacial score (nSPS) is 17.2. The zero-order valence-corrected chi connectivity index (χ0v) is 15.8. The molecule has 1 atom stereocenters. The largest absolute Gasteiger partial charge is 0.294 e. The van der Waals surface area contributed by atoms with Crippen molar-refractivity contribution >= 4 is 21.4 Å². The number of likely N-dealkylation sites (tertiary alicyclic amines) is 1. The van der Waals surface area contributed by atoms with Crippen LogP contribution >= 0.6 is 11.3 Å². The Labute approximate surface area is 148 Å². The Hall–Kier alpha value is -1.21. The van der Waals surface area contributed by atoms with E-state index in [1.165, 1.54) is 17.7 Å². The first kappa shape index (κ1) is 17.6. The molecule has 24 heavy (non-hydrogen) atoms. The van der Waals surface area contributed by atoms with Gasteiger partial charge >= 0.3 is 0 Å². The maximum Gasteiger partial charge on any atom is 0.240 e. The van der Waals surface area contributed by atoms with Crippen LogP contribution in [0.15, 0.2) is 40.6 Å². The third kappa shape index (κ3) is 3.88. The lowest BCUT2D eigenvalue weighted by atomic mass is 10.2. The Bertz CT molecular complexity index is 779. The first-order chi connectivity index (χ1) is 11.5. The molecule has 0 spiro atoms. The lowest BCUT2D eigenvalue weighted by Crippen LogP contribution is -2.36. The van der Waals surface area contributed by atoms with E-state index in [2.05, 4.69) is 21.1 Å². The average Bonchev–Trinajstić information content (AvgIpc) is 3.23. The van der Waals surface area contributed by atoms with Crippen LogP contribution in [-0.2, 0) is 10.0 Å². The van der Waals surface area contributed by atoms with Crippen molar-refractivity contribution in [3.63, 3.8) is 0 Å². The molecule has 1 aliphatic rings. The lowest BCUT2D eigenvalue weighted by molar-refractivity contribution is 0.250. The number of benzene rings is 1. The number of rotatable bonds is 6. The Morgan fingerprint density at radius 2 is 1.96 bits per heavy atom. The highest BCUT2D eigenvalue weighted by atomic mass is 32.2. The molecule has 0 bridgehead atoms. The number of hydrogen-bond acceptors (Lipinski definition) is 4. The van der Waals surface area contributed by atoms with Gasteiger partial charge < -0.3 is 0 Å². The molecule has 1 aliphatic heterocycles. The summed E-state index contributed by atoms with van der Waals surface area (Å²) in [5.74, 6) is 0. The van der Waals surface area contributed by atoms with Crippen molar-refractivity contribution in [2.45, 2.75) is 37.6 Å². The molecule has 3 rings (SSSR count). The molecule has 0 radical (unpaired) electrons. The number of thiophene rings is 1. The number of nitrogens with one attached hydrogen (secondary N) is 1. The molecular formula is C18H24N2O2S2. The highest BCUT2D eigenvalue weighted by Crippen LogP contribution is 2.28. The fourth-order valence-electron chi connectivity index (χ4n) is 3.21. The van der Waals surface area contributed by atoms with Crippen molar-refractivity contribution in [2.75, 3.05) is 19.6 Å². The predicted molar refractivity (Wildman–Crippen MR) is 99.0 cm³/mol. The van der Waals surface area contributed by atoms with Gasteiger partial charge in [0.05, 0.1) is 10.9 Å². The van der Waals surface area contributed by atoms with Crippen LogP contribution in [0.2, 0.25) is 0 Å². The van der Waals surface area contributed by atoms with Crippen LogP contribution in [0.25, 0.3) is 0 Å². The summed E-state index contributed by atoms with van der Waals surface area (Å²) in [5, 5.41) is 2.05. The molecule has 0 aliphatic carbocycles. The van der Waals surface area contributed by atoms with Gasteiger partial charge in [-0.1, -0.05) is 18.2 Å². The first-order valence-corrected chi connectivity index (χ1v) is 10.7. The number of sulfonamides is 1. The van der Waals surface area contributed by atoms with Gasteiger partial charge in [0.25, 0.3) is 0 Å². The van der Waals surface area contributed by atoms with E-state index in [0.29, 0.717) is 11.4 Å². The third-order valence-electron chi connectivity index (χ3n) is 4.55. The average molecular weight is 365 g/mol. The van der Waals surface area contributed by atoms with E-state index in [1.807, 2.05) is 32.0 Å². The Balaban J connectivity index is 1.79. The molecule has 0 unspecified atom stereocenters. The molecule has 4 nitrogen and oxygen atoms in total. The van der Waals surface area contributed by atoms with Gasteiger partial charge in [-0.2, -0.15) is 0 Å². The second-order valence-electron chi connectivity index (χ2n) is 6.40. The molecule has 1 fully saturated rings. The van der Waals surface area contributed by atoms with Gasteiger partial charge in [-0.3, -0.25) is 4.90 Å². The molecule has 2 aromatic rings. The molecular weight excluding hydrogens is 340 g/mol. The van der Waals surface area contributed by atoms with E-state index in [4.69, 9.17) is 0 Å². The standard InChI is InChI=1S/C18H24N2O2S2/c1-14-7-8-15(2)18(12-14)24(21,22)19-13-16(17-6-5-11-23-17)20-9-3-4-10-20/h5-8,11-12,16,19H,3-4,9-10,13H2,1-2H3/t16-/m0/s1. The van der Waals surface area contributed by atoms with Crippen molar-refractivity contribution in [3.8, 4) is 0 Å². The second-order valence-corrected chi connectivity index (χ2v) is 9.11. The van der Waals surface area contributed by atoms with E-state index in [0.717, 1.165) is 24.2 Å². The van der Waals surface area contributed by atoms with Crippen molar-refractivity contribution < 1.29 is 8.42 Å². The third-order valence-corrected chi connectivity index (χ3v) is 7.09. The Morgan fingerprint density at radius 1 is 1.21 bits per heavy atom. The Kier molecular flexibility index (Phi) is 5.39. The number of aryl methyl sites for hydroxylation is 2. The minimum absolute atomic E-state index is 0.118. The summed E-state index contributed by atoms with van der Waals surface area (Å²) in [6.45, 7) is 6.24. The molecule has 0 saturated carbocycles. The van der Waals surface area contributed by atoms with Gasteiger partial charge in [0.1, 0.15) is 0 Å². The fourth-order valence-corrected chi connectivity index (χ4v) is 5.43. The van der Waals surface area contributed by atoms with E-state index < -0.39 is 10.0 Å². The van der Waals surface area contributed by atoms with Crippen LogP contribution < -0.4 is 4.72 Å². The maximum atomic E-state index is 12.8. The van der Waals surface area contributed by atoms with Crippen molar-refractivity contribution in [3.05, 3.63) is 51.7 Å². The number of hydrogen-bond donors (Lipinski definition) is 1. The summed E-state index contributed by atoms with van der Waals surface area (Å²) in [4.78, 5) is 3.99.